The second-order valence-electron chi connectivity index (χ2n) is 3.14. The van der Waals surface area contributed by atoms with Crippen LogP contribution in [-0.4, -0.2) is 21.6 Å². The van der Waals surface area contributed by atoms with Crippen LogP contribution < -0.4 is 9.44 Å². The lowest BCUT2D eigenvalue weighted by Gasteiger charge is -2.11. The first-order valence-corrected chi connectivity index (χ1v) is 6.77. The van der Waals surface area contributed by atoms with Crippen molar-refractivity contribution < 1.29 is 17.9 Å². The summed E-state index contributed by atoms with van der Waals surface area (Å²) >= 11 is 3.25. The number of amides is 1. The lowest BCUT2D eigenvalue weighted by Crippen LogP contribution is -2.35. The molecule has 2 N–H and O–H groups in total. The molecule has 0 bridgehead atoms. The summed E-state index contributed by atoms with van der Waals surface area (Å²) in [5.74, 6) is 0. The fraction of sp³-hybridized carbons (Fsp3) is 0.222. The number of rotatable bonds is 3. The Morgan fingerprint density at radius 2 is 2.06 bits per heavy atom. The molecule has 1 aromatic carbocycles. The van der Waals surface area contributed by atoms with Gasteiger partial charge in [-0.25, -0.2) is 9.52 Å². The highest BCUT2D eigenvalue weighted by Gasteiger charge is 2.16. The molecular formula is C9H11BrN2O4S. The Bertz CT molecular complexity index is 530. The Morgan fingerprint density at radius 3 is 2.65 bits per heavy atom. The third kappa shape index (κ3) is 3.90. The average Bonchev–Trinajstić information content (AvgIpc) is 2.23. The van der Waals surface area contributed by atoms with Gasteiger partial charge in [-0.1, -0.05) is 12.1 Å². The van der Waals surface area contributed by atoms with Gasteiger partial charge in [0.25, 0.3) is 0 Å². The molecule has 0 radical (unpaired) electrons. The molecule has 1 rings (SSSR count). The number of halogens is 1. The molecule has 0 aliphatic heterocycles. The Hall–Kier alpha value is -1.28. The molecule has 0 fully saturated rings. The Morgan fingerprint density at radius 1 is 1.41 bits per heavy atom. The zero-order valence-corrected chi connectivity index (χ0v) is 11.6. The van der Waals surface area contributed by atoms with Crippen molar-refractivity contribution in [3.8, 4) is 0 Å². The van der Waals surface area contributed by atoms with Crippen LogP contribution in [-0.2, 0) is 14.9 Å². The smallest absolute Gasteiger partial charge is 0.422 e. The van der Waals surface area contributed by atoms with Crippen LogP contribution in [0, 0.1) is 6.92 Å². The molecule has 0 aliphatic rings. The first-order valence-electron chi connectivity index (χ1n) is 4.49. The van der Waals surface area contributed by atoms with E-state index in [4.69, 9.17) is 0 Å². The van der Waals surface area contributed by atoms with E-state index in [1.54, 1.807) is 16.9 Å². The summed E-state index contributed by atoms with van der Waals surface area (Å²) in [6.07, 6.45) is -1.05. The average molecular weight is 323 g/mol. The van der Waals surface area contributed by atoms with Gasteiger partial charge in [0.1, 0.15) is 0 Å². The minimum atomic E-state index is -3.99. The Labute approximate surface area is 108 Å². The van der Waals surface area contributed by atoms with Crippen molar-refractivity contribution in [2.24, 2.45) is 0 Å². The number of nitrogens with one attached hydrogen (secondary N) is 2. The minimum Gasteiger partial charge on any atom is -0.452 e. The van der Waals surface area contributed by atoms with Crippen LogP contribution >= 0.6 is 15.9 Å². The van der Waals surface area contributed by atoms with Gasteiger partial charge in [0.15, 0.2) is 0 Å². The first-order chi connectivity index (χ1) is 7.85. The number of ether oxygens (including phenoxy) is 1. The third-order valence-electron chi connectivity index (χ3n) is 1.84. The van der Waals surface area contributed by atoms with E-state index in [2.05, 4.69) is 25.4 Å². The third-order valence-corrected chi connectivity index (χ3v) is 3.82. The van der Waals surface area contributed by atoms with Crippen LogP contribution in [0.4, 0.5) is 10.5 Å². The fourth-order valence-electron chi connectivity index (χ4n) is 1.05. The van der Waals surface area contributed by atoms with Crippen LogP contribution in [0.25, 0.3) is 0 Å². The molecule has 1 amide bonds. The molecule has 0 heterocycles. The molecule has 94 valence electrons. The Balaban J connectivity index is 2.91. The van der Waals surface area contributed by atoms with Gasteiger partial charge >= 0.3 is 16.3 Å². The van der Waals surface area contributed by atoms with E-state index in [9.17, 15) is 13.2 Å². The molecule has 0 aliphatic carbocycles. The summed E-state index contributed by atoms with van der Waals surface area (Å²) in [6, 6.07) is 5.07. The van der Waals surface area contributed by atoms with E-state index in [-0.39, 0.29) is 0 Å². The number of hydrogen-bond donors (Lipinski definition) is 2. The minimum absolute atomic E-state index is 0.335. The maximum absolute atomic E-state index is 11.5. The van der Waals surface area contributed by atoms with Crippen molar-refractivity contribution in [2.45, 2.75) is 6.92 Å². The zero-order chi connectivity index (χ0) is 13.1. The second kappa shape index (κ2) is 5.37. The van der Waals surface area contributed by atoms with Gasteiger partial charge in [0.2, 0.25) is 0 Å². The molecule has 0 atom stereocenters. The molecule has 0 aromatic heterocycles. The lowest BCUT2D eigenvalue weighted by atomic mass is 10.2. The predicted molar refractivity (Wildman–Crippen MR) is 67.0 cm³/mol. The quantitative estimate of drug-likeness (QED) is 0.888. The van der Waals surface area contributed by atoms with Gasteiger partial charge in [-0.3, -0.25) is 4.72 Å². The molecule has 6 nitrogen and oxygen atoms in total. The van der Waals surface area contributed by atoms with Crippen molar-refractivity contribution in [2.75, 3.05) is 11.8 Å². The van der Waals surface area contributed by atoms with Gasteiger partial charge in [-0.15, -0.1) is 0 Å². The van der Waals surface area contributed by atoms with E-state index in [0.29, 0.717) is 10.2 Å². The summed E-state index contributed by atoms with van der Waals surface area (Å²) in [6.45, 7) is 1.82. The summed E-state index contributed by atoms with van der Waals surface area (Å²) < 4.78 is 31.7. The molecule has 0 unspecified atom stereocenters. The fourth-order valence-corrected chi connectivity index (χ4v) is 2.36. The molecule has 17 heavy (non-hydrogen) atoms. The van der Waals surface area contributed by atoms with Gasteiger partial charge in [0, 0.05) is 4.47 Å². The van der Waals surface area contributed by atoms with E-state index >= 15 is 0 Å². The highest BCUT2D eigenvalue weighted by molar-refractivity contribution is 9.10. The monoisotopic (exact) mass is 322 g/mol. The normalized spacial score (nSPS) is 10.8. The van der Waals surface area contributed by atoms with Crippen molar-refractivity contribution in [1.82, 2.24) is 4.72 Å². The number of carbonyl (C=O) groups excluding carboxylic acids is 1. The molecule has 8 heteroatoms. The van der Waals surface area contributed by atoms with Crippen molar-refractivity contribution in [3.63, 3.8) is 0 Å². The molecular weight excluding hydrogens is 312 g/mol. The second-order valence-corrected chi connectivity index (χ2v) is 5.34. The van der Waals surface area contributed by atoms with Gasteiger partial charge in [-0.05, 0) is 34.5 Å². The Kier molecular flexibility index (Phi) is 4.35. The summed E-state index contributed by atoms with van der Waals surface area (Å²) in [4.78, 5) is 10.8. The SMILES string of the molecule is COC(=O)NS(=O)(=O)Nc1cccc(C)c1Br. The van der Waals surface area contributed by atoms with Gasteiger partial charge in [0.05, 0.1) is 12.8 Å². The number of aryl methyl sites for hydroxylation is 1. The van der Waals surface area contributed by atoms with E-state index in [1.807, 2.05) is 13.0 Å². The molecule has 0 saturated heterocycles. The number of benzene rings is 1. The standard InChI is InChI=1S/C9H11BrN2O4S/c1-6-4-3-5-7(8(6)10)11-17(14,15)12-9(13)16-2/h3-5,11H,1-2H3,(H,12,13). The van der Waals surface area contributed by atoms with Crippen LogP contribution in [0.3, 0.4) is 0 Å². The summed E-state index contributed by atoms with van der Waals surface area (Å²) in [5, 5.41) is 0. The van der Waals surface area contributed by atoms with E-state index < -0.39 is 16.3 Å². The van der Waals surface area contributed by atoms with Crippen molar-refractivity contribution in [3.05, 3.63) is 28.2 Å². The van der Waals surface area contributed by atoms with Crippen LogP contribution in [0.2, 0.25) is 0 Å². The zero-order valence-electron chi connectivity index (χ0n) is 9.15. The maximum Gasteiger partial charge on any atom is 0.422 e. The largest absolute Gasteiger partial charge is 0.452 e. The van der Waals surface area contributed by atoms with Gasteiger partial charge < -0.3 is 4.74 Å². The van der Waals surface area contributed by atoms with Crippen LogP contribution in [0.1, 0.15) is 5.56 Å². The van der Waals surface area contributed by atoms with Crippen LogP contribution in [0.15, 0.2) is 22.7 Å². The highest BCUT2D eigenvalue weighted by atomic mass is 79.9. The molecule has 0 saturated carbocycles. The van der Waals surface area contributed by atoms with E-state index in [0.717, 1.165) is 12.7 Å². The predicted octanol–water partition coefficient (Wildman–Crippen LogP) is 1.77. The van der Waals surface area contributed by atoms with Gasteiger partial charge in [-0.2, -0.15) is 8.42 Å². The van der Waals surface area contributed by atoms with Crippen molar-refractivity contribution in [1.29, 1.82) is 0 Å². The summed E-state index contributed by atoms with van der Waals surface area (Å²) in [7, 11) is -2.91. The topological polar surface area (TPSA) is 84.5 Å². The first kappa shape index (κ1) is 13.8. The van der Waals surface area contributed by atoms with E-state index in [1.165, 1.54) is 0 Å². The molecule has 0 spiro atoms. The number of hydrogen-bond acceptors (Lipinski definition) is 4. The molecule has 1 aromatic rings. The maximum atomic E-state index is 11.5. The summed E-state index contributed by atoms with van der Waals surface area (Å²) in [5.41, 5.74) is 1.20. The van der Waals surface area contributed by atoms with Crippen molar-refractivity contribution >= 4 is 37.9 Å². The number of carbonyl (C=O) groups is 1. The highest BCUT2D eigenvalue weighted by Crippen LogP contribution is 2.26. The van der Waals surface area contributed by atoms with Crippen LogP contribution in [0.5, 0.6) is 0 Å². The number of anilines is 1. The lowest BCUT2D eigenvalue weighted by molar-refractivity contribution is 0.177. The number of methoxy groups -OCH3 is 1.